The first-order valence-corrected chi connectivity index (χ1v) is 18.0. The number of urea groups is 3. The van der Waals surface area contributed by atoms with Crippen molar-refractivity contribution in [3.63, 3.8) is 0 Å². The van der Waals surface area contributed by atoms with E-state index in [4.69, 9.17) is 0 Å². The molecular formula is C40H46F6N6O6. The van der Waals surface area contributed by atoms with Crippen LogP contribution in [0.3, 0.4) is 0 Å². The summed E-state index contributed by atoms with van der Waals surface area (Å²) in [6.45, 7) is 6.05. The molecule has 5 rings (SSSR count). The SMILES string of the molecule is CC(C)(C)NC(=O)Nc1cccc(F)c1O.O=C(NCC1CCCCC1)Nc1cccc(F)c1O.O=C(NCc1ccc(C(F)(F)F)cc1)Nc1cccc(F)c1O. The maximum absolute atomic E-state index is 13.1. The molecule has 0 aliphatic heterocycles. The standard InChI is InChI=1S/C15H12F4N2O2.C14H19FN2O2.C11H15FN2O2/c16-11-2-1-3-12(13(11)22)21-14(23)20-8-9-4-6-10(7-5-9)15(17,18)19;15-11-7-4-8-12(13(11)18)17-14(19)16-9-10-5-2-1-3-6-10;1-11(2,3)14-10(16)13-8-6-4-5-7(12)9(8)15/h1-7,22H,8H2,(H2,20,21,23);4,7-8,10,18H,1-3,5-6,9H2,(H2,16,17,19);4-6,15H,1-3H3,(H2,13,14,16). The first-order valence-electron chi connectivity index (χ1n) is 18.0. The van der Waals surface area contributed by atoms with E-state index < -0.39 is 70.1 Å². The van der Waals surface area contributed by atoms with Crippen molar-refractivity contribution in [2.24, 2.45) is 5.92 Å². The fraction of sp³-hybridized carbons (Fsp3) is 0.325. The summed E-state index contributed by atoms with van der Waals surface area (Å²) in [6.07, 6.45) is 1.59. The third-order valence-corrected chi connectivity index (χ3v) is 8.20. The van der Waals surface area contributed by atoms with Crippen LogP contribution in [0.4, 0.5) is 57.8 Å². The van der Waals surface area contributed by atoms with Crippen LogP contribution in [-0.2, 0) is 12.7 Å². The lowest BCUT2D eigenvalue weighted by Crippen LogP contribution is -2.43. The third-order valence-electron chi connectivity index (χ3n) is 8.20. The van der Waals surface area contributed by atoms with E-state index in [-0.39, 0.29) is 23.6 Å². The Morgan fingerprint density at radius 2 is 1.02 bits per heavy atom. The highest BCUT2D eigenvalue weighted by atomic mass is 19.4. The van der Waals surface area contributed by atoms with Gasteiger partial charge in [0, 0.05) is 18.6 Å². The van der Waals surface area contributed by atoms with Crippen LogP contribution >= 0.6 is 0 Å². The second-order valence-corrected chi connectivity index (χ2v) is 14.1. The summed E-state index contributed by atoms with van der Waals surface area (Å²) in [7, 11) is 0. The second kappa shape index (κ2) is 21.3. The zero-order valence-corrected chi connectivity index (χ0v) is 31.9. The van der Waals surface area contributed by atoms with E-state index in [0.717, 1.165) is 43.2 Å². The molecule has 314 valence electrons. The van der Waals surface area contributed by atoms with Crippen molar-refractivity contribution in [2.75, 3.05) is 22.5 Å². The van der Waals surface area contributed by atoms with Gasteiger partial charge in [0.1, 0.15) is 0 Å². The summed E-state index contributed by atoms with van der Waals surface area (Å²) in [5, 5.41) is 43.0. The Hall–Kier alpha value is -6.33. The van der Waals surface area contributed by atoms with E-state index in [0.29, 0.717) is 18.0 Å². The summed E-state index contributed by atoms with van der Waals surface area (Å²) in [5.74, 6) is -3.66. The summed E-state index contributed by atoms with van der Waals surface area (Å²) < 4.78 is 76.4. The van der Waals surface area contributed by atoms with Crippen molar-refractivity contribution < 1.29 is 56.0 Å². The van der Waals surface area contributed by atoms with Crippen molar-refractivity contribution >= 4 is 35.2 Å². The van der Waals surface area contributed by atoms with Crippen LogP contribution in [0, 0.1) is 23.4 Å². The number of carbonyl (C=O) groups is 3. The molecule has 0 spiro atoms. The van der Waals surface area contributed by atoms with Crippen LogP contribution < -0.4 is 31.9 Å². The Kier molecular flexibility index (Phi) is 16.9. The summed E-state index contributed by atoms with van der Waals surface area (Å²) in [4.78, 5) is 34.7. The molecule has 0 bridgehead atoms. The molecule has 1 saturated carbocycles. The lowest BCUT2D eigenvalue weighted by Gasteiger charge is -2.21. The number of phenolic OH excluding ortho intramolecular Hbond substituents is 3. The average molecular weight is 821 g/mol. The fourth-order valence-corrected chi connectivity index (χ4v) is 5.30. The van der Waals surface area contributed by atoms with Gasteiger partial charge in [-0.2, -0.15) is 13.2 Å². The molecule has 0 atom stereocenters. The number of nitrogens with one attached hydrogen (secondary N) is 6. The van der Waals surface area contributed by atoms with Gasteiger partial charge in [-0.25, -0.2) is 27.6 Å². The number of benzene rings is 4. The van der Waals surface area contributed by atoms with E-state index in [9.17, 15) is 56.0 Å². The predicted molar refractivity (Wildman–Crippen MR) is 207 cm³/mol. The number of halogens is 6. The van der Waals surface area contributed by atoms with Crippen LogP contribution in [0.25, 0.3) is 0 Å². The molecule has 9 N–H and O–H groups in total. The largest absolute Gasteiger partial charge is 0.503 e. The topological polar surface area (TPSA) is 184 Å². The van der Waals surface area contributed by atoms with Crippen LogP contribution in [0.1, 0.15) is 64.0 Å². The molecule has 6 amide bonds. The first-order chi connectivity index (χ1) is 27.2. The number of hydrogen-bond donors (Lipinski definition) is 9. The molecule has 12 nitrogen and oxygen atoms in total. The molecule has 0 heterocycles. The van der Waals surface area contributed by atoms with Gasteiger partial charge in [-0.1, -0.05) is 49.6 Å². The number of hydrogen-bond acceptors (Lipinski definition) is 6. The molecule has 0 radical (unpaired) electrons. The Balaban J connectivity index is 0.000000237. The van der Waals surface area contributed by atoms with Gasteiger partial charge in [0.05, 0.1) is 22.6 Å². The smallest absolute Gasteiger partial charge is 0.416 e. The molecule has 0 unspecified atom stereocenters. The quantitative estimate of drug-likeness (QED) is 0.0661. The Bertz CT molecular complexity index is 1990. The number of phenols is 3. The highest BCUT2D eigenvalue weighted by Crippen LogP contribution is 2.30. The molecule has 0 saturated heterocycles. The molecule has 4 aromatic carbocycles. The van der Waals surface area contributed by atoms with Gasteiger partial charge in [-0.15, -0.1) is 0 Å². The molecule has 1 aliphatic carbocycles. The molecular weight excluding hydrogens is 774 g/mol. The minimum atomic E-state index is -4.42. The van der Waals surface area contributed by atoms with Crippen molar-refractivity contribution in [3.05, 3.63) is 107 Å². The van der Waals surface area contributed by atoms with E-state index in [2.05, 4.69) is 31.9 Å². The van der Waals surface area contributed by atoms with Gasteiger partial charge < -0.3 is 47.2 Å². The molecule has 1 aliphatic rings. The monoisotopic (exact) mass is 820 g/mol. The lowest BCUT2D eigenvalue weighted by molar-refractivity contribution is -0.137. The molecule has 0 aromatic heterocycles. The van der Waals surface area contributed by atoms with Crippen molar-refractivity contribution in [1.29, 1.82) is 0 Å². The highest BCUT2D eigenvalue weighted by Gasteiger charge is 2.30. The number of anilines is 3. The second-order valence-electron chi connectivity index (χ2n) is 14.1. The fourth-order valence-electron chi connectivity index (χ4n) is 5.30. The molecule has 4 aromatic rings. The summed E-state index contributed by atoms with van der Waals surface area (Å²) in [6, 6.07) is 14.3. The van der Waals surface area contributed by atoms with Gasteiger partial charge in [0.25, 0.3) is 0 Å². The number of para-hydroxylation sites is 3. The van der Waals surface area contributed by atoms with Gasteiger partial charge in [0.15, 0.2) is 34.7 Å². The third kappa shape index (κ3) is 15.7. The first kappa shape index (κ1) is 46.1. The number of amides is 6. The maximum Gasteiger partial charge on any atom is 0.416 e. The Morgan fingerprint density at radius 3 is 1.43 bits per heavy atom. The molecule has 58 heavy (non-hydrogen) atoms. The van der Waals surface area contributed by atoms with Crippen molar-refractivity contribution in [2.45, 2.75) is 71.1 Å². The van der Waals surface area contributed by atoms with Gasteiger partial charge in [-0.3, -0.25) is 0 Å². The number of aromatic hydroxyl groups is 3. The molecule has 1 fully saturated rings. The normalized spacial score (nSPS) is 12.7. The number of alkyl halides is 3. The van der Waals surface area contributed by atoms with Crippen molar-refractivity contribution in [1.82, 2.24) is 16.0 Å². The van der Waals surface area contributed by atoms with E-state index in [1.165, 1.54) is 67.8 Å². The molecule has 18 heteroatoms. The van der Waals surface area contributed by atoms with Crippen LogP contribution in [-0.4, -0.2) is 45.5 Å². The van der Waals surface area contributed by atoms with E-state index >= 15 is 0 Å². The van der Waals surface area contributed by atoms with Gasteiger partial charge >= 0.3 is 24.3 Å². The predicted octanol–water partition coefficient (Wildman–Crippen LogP) is 9.56. The van der Waals surface area contributed by atoms with Crippen LogP contribution in [0.5, 0.6) is 17.2 Å². The highest BCUT2D eigenvalue weighted by molar-refractivity contribution is 5.92. The summed E-state index contributed by atoms with van der Waals surface area (Å²) >= 11 is 0. The maximum atomic E-state index is 13.1. The Labute approximate surface area is 331 Å². The summed E-state index contributed by atoms with van der Waals surface area (Å²) in [5.41, 5.74) is -0.711. The van der Waals surface area contributed by atoms with Gasteiger partial charge in [0.2, 0.25) is 0 Å². The zero-order valence-electron chi connectivity index (χ0n) is 31.9. The average Bonchev–Trinajstić information content (AvgIpc) is 3.15. The van der Waals surface area contributed by atoms with Crippen molar-refractivity contribution in [3.8, 4) is 17.2 Å². The van der Waals surface area contributed by atoms with Gasteiger partial charge in [-0.05, 0) is 93.6 Å². The minimum absolute atomic E-state index is 0.0277. The minimum Gasteiger partial charge on any atom is -0.503 e. The van der Waals surface area contributed by atoms with Crippen LogP contribution in [0.15, 0.2) is 78.9 Å². The number of rotatable bonds is 7. The lowest BCUT2D eigenvalue weighted by atomic mass is 9.89. The van der Waals surface area contributed by atoms with E-state index in [1.54, 1.807) is 0 Å². The number of carbonyl (C=O) groups excluding carboxylic acids is 3. The van der Waals surface area contributed by atoms with Crippen LogP contribution in [0.2, 0.25) is 0 Å². The Morgan fingerprint density at radius 1 is 0.603 bits per heavy atom. The zero-order chi connectivity index (χ0) is 43.0. The van der Waals surface area contributed by atoms with E-state index in [1.807, 2.05) is 20.8 Å².